The Morgan fingerprint density at radius 2 is 1.74 bits per heavy atom. The molecule has 3 aromatic carbocycles. The Morgan fingerprint density at radius 1 is 0.947 bits per heavy atom. The molecule has 1 aliphatic heterocycles. The number of hydrogen-bond donors (Lipinski definition) is 0. The number of benzene rings is 3. The lowest BCUT2D eigenvalue weighted by Gasteiger charge is -2.26. The summed E-state index contributed by atoms with van der Waals surface area (Å²) in [6, 6.07) is 15.2. The standard InChI is InChI=1S/C30H28FNO6/c1-4-6-15-37-24-13-7-18(16-25(24)35-3)27-26-28(33)22-17-19(31)8-14-23(22)38-29(26)30(34)32(27)20-9-11-21(12-10-20)36-5-2/h7-14,16-17,27H,4-6,15H2,1-3H3. The number of hydrogen-bond acceptors (Lipinski definition) is 6. The molecule has 0 saturated carbocycles. The smallest absolute Gasteiger partial charge is 0.295 e. The number of rotatable bonds is 9. The summed E-state index contributed by atoms with van der Waals surface area (Å²) in [7, 11) is 1.54. The van der Waals surface area contributed by atoms with E-state index >= 15 is 0 Å². The molecule has 0 fully saturated rings. The highest BCUT2D eigenvalue weighted by molar-refractivity contribution is 6.10. The normalized spacial score (nSPS) is 14.6. The van der Waals surface area contributed by atoms with Crippen LogP contribution in [0.1, 0.15) is 54.4 Å². The van der Waals surface area contributed by atoms with E-state index in [-0.39, 0.29) is 22.3 Å². The van der Waals surface area contributed by atoms with Gasteiger partial charge in [-0.15, -0.1) is 0 Å². The van der Waals surface area contributed by atoms with Crippen molar-refractivity contribution in [1.29, 1.82) is 0 Å². The van der Waals surface area contributed by atoms with E-state index < -0.39 is 23.2 Å². The van der Waals surface area contributed by atoms with Crippen LogP contribution in [0.2, 0.25) is 0 Å². The topological polar surface area (TPSA) is 78.2 Å². The first kappa shape index (κ1) is 25.3. The number of halogens is 1. The molecule has 1 atom stereocenters. The van der Waals surface area contributed by atoms with Gasteiger partial charge in [0.05, 0.1) is 37.3 Å². The molecule has 2 heterocycles. The molecule has 0 N–H and O–H groups in total. The van der Waals surface area contributed by atoms with Crippen molar-refractivity contribution >= 4 is 22.6 Å². The molecule has 0 aliphatic carbocycles. The highest BCUT2D eigenvalue weighted by Crippen LogP contribution is 2.43. The molecule has 0 bridgehead atoms. The molecule has 0 radical (unpaired) electrons. The van der Waals surface area contributed by atoms with Gasteiger partial charge in [-0.05, 0) is 73.5 Å². The third-order valence-corrected chi connectivity index (χ3v) is 6.52. The van der Waals surface area contributed by atoms with Crippen LogP contribution < -0.4 is 24.5 Å². The van der Waals surface area contributed by atoms with E-state index in [0.29, 0.717) is 41.7 Å². The van der Waals surface area contributed by atoms with Crippen molar-refractivity contribution in [2.24, 2.45) is 0 Å². The van der Waals surface area contributed by atoms with Crippen molar-refractivity contribution in [3.63, 3.8) is 0 Å². The molecule has 38 heavy (non-hydrogen) atoms. The number of carbonyl (C=O) groups is 1. The zero-order valence-electron chi connectivity index (χ0n) is 21.5. The van der Waals surface area contributed by atoms with Gasteiger partial charge in [0.1, 0.15) is 17.1 Å². The molecular weight excluding hydrogens is 489 g/mol. The van der Waals surface area contributed by atoms with Crippen LogP contribution in [0.25, 0.3) is 11.0 Å². The second-order valence-electron chi connectivity index (χ2n) is 8.93. The lowest BCUT2D eigenvalue weighted by atomic mass is 9.97. The molecule has 8 heteroatoms. The maximum atomic E-state index is 14.1. The fourth-order valence-corrected chi connectivity index (χ4v) is 4.70. The number of amides is 1. The first-order valence-electron chi connectivity index (χ1n) is 12.6. The van der Waals surface area contributed by atoms with E-state index in [1.165, 1.54) is 24.1 Å². The lowest BCUT2D eigenvalue weighted by Crippen LogP contribution is -2.29. The van der Waals surface area contributed by atoms with Gasteiger partial charge in [-0.1, -0.05) is 19.4 Å². The number of nitrogens with zero attached hydrogens (tertiary/aromatic N) is 1. The summed E-state index contributed by atoms with van der Waals surface area (Å²) >= 11 is 0. The molecule has 5 rings (SSSR count). The largest absolute Gasteiger partial charge is 0.494 e. The first-order valence-corrected chi connectivity index (χ1v) is 12.6. The van der Waals surface area contributed by atoms with Gasteiger partial charge in [0.15, 0.2) is 16.9 Å². The van der Waals surface area contributed by atoms with E-state index in [0.717, 1.165) is 18.9 Å². The Kier molecular flexibility index (Phi) is 7.05. The van der Waals surface area contributed by atoms with Crippen LogP contribution in [0.5, 0.6) is 17.2 Å². The highest BCUT2D eigenvalue weighted by atomic mass is 19.1. The zero-order chi connectivity index (χ0) is 26.8. The second kappa shape index (κ2) is 10.6. The van der Waals surface area contributed by atoms with Gasteiger partial charge in [-0.25, -0.2) is 4.39 Å². The molecule has 7 nitrogen and oxygen atoms in total. The number of ether oxygens (including phenoxy) is 3. The molecule has 1 aliphatic rings. The fraction of sp³-hybridized carbons (Fsp3) is 0.267. The lowest BCUT2D eigenvalue weighted by molar-refractivity contribution is 0.0971. The minimum absolute atomic E-state index is 0.0709. The van der Waals surface area contributed by atoms with Crippen molar-refractivity contribution in [2.45, 2.75) is 32.7 Å². The van der Waals surface area contributed by atoms with Gasteiger partial charge in [0.25, 0.3) is 5.91 Å². The van der Waals surface area contributed by atoms with Gasteiger partial charge in [0.2, 0.25) is 5.76 Å². The van der Waals surface area contributed by atoms with Crippen molar-refractivity contribution in [3.8, 4) is 17.2 Å². The summed E-state index contributed by atoms with van der Waals surface area (Å²) in [5, 5.41) is 0.0709. The van der Waals surface area contributed by atoms with Gasteiger partial charge in [0, 0.05) is 5.69 Å². The highest BCUT2D eigenvalue weighted by Gasteiger charge is 2.44. The monoisotopic (exact) mass is 517 g/mol. The van der Waals surface area contributed by atoms with Gasteiger partial charge in [-0.3, -0.25) is 14.5 Å². The molecule has 1 amide bonds. The Bertz CT molecular complexity index is 1550. The molecule has 4 aromatic rings. The number of anilines is 1. The summed E-state index contributed by atoms with van der Waals surface area (Å²) in [5.41, 5.74) is 0.993. The van der Waals surface area contributed by atoms with Crippen LogP contribution in [0.4, 0.5) is 10.1 Å². The Labute approximate surface area is 219 Å². The van der Waals surface area contributed by atoms with Gasteiger partial charge >= 0.3 is 0 Å². The first-order chi connectivity index (χ1) is 18.5. The quantitative estimate of drug-likeness (QED) is 0.244. The molecule has 196 valence electrons. The second-order valence-corrected chi connectivity index (χ2v) is 8.93. The number of carbonyl (C=O) groups excluding carboxylic acids is 1. The maximum Gasteiger partial charge on any atom is 0.295 e. The summed E-state index contributed by atoms with van der Waals surface area (Å²) in [6.45, 7) is 5.01. The van der Waals surface area contributed by atoms with Gasteiger partial charge < -0.3 is 18.6 Å². The Hall–Kier alpha value is -4.33. The number of unbranched alkanes of at least 4 members (excludes halogenated alkanes) is 1. The van der Waals surface area contributed by atoms with E-state index in [1.54, 1.807) is 42.5 Å². The van der Waals surface area contributed by atoms with E-state index in [9.17, 15) is 14.0 Å². The summed E-state index contributed by atoms with van der Waals surface area (Å²) in [6.07, 6.45) is 1.88. The minimum atomic E-state index is -0.835. The van der Waals surface area contributed by atoms with Gasteiger partial charge in [-0.2, -0.15) is 0 Å². The van der Waals surface area contributed by atoms with Crippen LogP contribution >= 0.6 is 0 Å². The third kappa shape index (κ3) is 4.47. The molecule has 1 aromatic heterocycles. The Morgan fingerprint density at radius 3 is 2.45 bits per heavy atom. The maximum absolute atomic E-state index is 14.1. The van der Waals surface area contributed by atoms with Crippen LogP contribution in [0.3, 0.4) is 0 Å². The van der Waals surface area contributed by atoms with E-state index in [2.05, 4.69) is 6.92 Å². The average Bonchev–Trinajstić information content (AvgIpc) is 3.22. The predicted octanol–water partition coefficient (Wildman–Crippen LogP) is 6.27. The zero-order valence-corrected chi connectivity index (χ0v) is 21.5. The molecule has 1 unspecified atom stereocenters. The van der Waals surface area contributed by atoms with Crippen molar-refractivity contribution in [2.75, 3.05) is 25.2 Å². The predicted molar refractivity (Wildman–Crippen MR) is 142 cm³/mol. The van der Waals surface area contributed by atoms with E-state index in [1.807, 2.05) is 6.92 Å². The Balaban J connectivity index is 1.69. The molecule has 0 spiro atoms. The van der Waals surface area contributed by atoms with Crippen LogP contribution in [0.15, 0.2) is 69.9 Å². The number of fused-ring (bicyclic) bond motifs is 2. The molecular formula is C30H28FNO6. The van der Waals surface area contributed by atoms with Crippen molar-refractivity contribution in [1.82, 2.24) is 0 Å². The third-order valence-electron chi connectivity index (χ3n) is 6.52. The van der Waals surface area contributed by atoms with Crippen LogP contribution in [-0.4, -0.2) is 26.2 Å². The van der Waals surface area contributed by atoms with Crippen LogP contribution in [0, 0.1) is 5.82 Å². The summed E-state index contributed by atoms with van der Waals surface area (Å²) < 4.78 is 37.0. The summed E-state index contributed by atoms with van der Waals surface area (Å²) in [4.78, 5) is 29.0. The number of methoxy groups -OCH3 is 1. The van der Waals surface area contributed by atoms with Crippen LogP contribution in [-0.2, 0) is 0 Å². The average molecular weight is 518 g/mol. The fourth-order valence-electron chi connectivity index (χ4n) is 4.70. The molecule has 0 saturated heterocycles. The van der Waals surface area contributed by atoms with Crippen molar-refractivity contribution < 1.29 is 27.8 Å². The SMILES string of the molecule is CCCCOc1ccc(C2c3c(oc4ccc(F)cc4c3=O)C(=O)N2c2ccc(OCC)cc2)cc1OC. The summed E-state index contributed by atoms with van der Waals surface area (Å²) in [5.74, 6) is 0.582. The minimum Gasteiger partial charge on any atom is -0.494 e. The van der Waals surface area contributed by atoms with Crippen molar-refractivity contribution in [3.05, 3.63) is 93.6 Å². The van der Waals surface area contributed by atoms with E-state index in [4.69, 9.17) is 18.6 Å².